The number of imidazole rings is 1. The number of aromatic nitrogens is 4. The summed E-state index contributed by atoms with van der Waals surface area (Å²) in [5.41, 5.74) is 6.59. The molecule has 0 spiro atoms. The average molecular weight is 335 g/mol. The number of hydrogen-bond acceptors (Lipinski definition) is 9. The lowest BCUT2D eigenvalue weighted by Crippen LogP contribution is -2.19. The molecule has 0 radical (unpaired) electrons. The lowest BCUT2D eigenvalue weighted by Gasteiger charge is -2.16. The Hall–Kier alpha value is -2.56. The van der Waals surface area contributed by atoms with Gasteiger partial charge in [-0.3, -0.25) is 4.57 Å². The van der Waals surface area contributed by atoms with Crippen LogP contribution in [0.1, 0.15) is 18.5 Å². The minimum atomic E-state index is -0.815. The van der Waals surface area contributed by atoms with Crippen LogP contribution in [0.25, 0.3) is 17.2 Å². The molecule has 3 heterocycles. The van der Waals surface area contributed by atoms with Crippen LogP contribution < -0.4 is 5.73 Å². The second-order valence-electron chi connectivity index (χ2n) is 5.28. The van der Waals surface area contributed by atoms with E-state index in [0.29, 0.717) is 17.6 Å². The van der Waals surface area contributed by atoms with Crippen molar-refractivity contribution in [1.29, 1.82) is 0 Å². The molecule has 2 aromatic heterocycles. The van der Waals surface area contributed by atoms with E-state index in [4.69, 9.17) is 10.5 Å². The fraction of sp³-hybridized carbons (Fsp3) is 0.429. The highest BCUT2D eigenvalue weighted by atomic mass is 16.5. The molecule has 1 aliphatic rings. The zero-order valence-electron chi connectivity index (χ0n) is 12.9. The summed E-state index contributed by atoms with van der Waals surface area (Å²) in [6, 6.07) is 0. The number of ether oxygens (including phenoxy) is 2. The number of nitrogens with two attached hydrogens (primary N) is 1. The van der Waals surface area contributed by atoms with Crippen LogP contribution in [0, 0.1) is 0 Å². The largest absolute Gasteiger partial charge is 0.466 e. The molecule has 0 saturated carbocycles. The number of hydrogen-bond donors (Lipinski definition) is 3. The number of esters is 1. The minimum absolute atomic E-state index is 0.134. The van der Waals surface area contributed by atoms with Gasteiger partial charge in [0.2, 0.25) is 0 Å². The van der Waals surface area contributed by atoms with E-state index in [0.717, 1.165) is 0 Å². The van der Waals surface area contributed by atoms with Crippen molar-refractivity contribution >= 4 is 29.0 Å². The van der Waals surface area contributed by atoms with Crippen molar-refractivity contribution in [2.24, 2.45) is 0 Å². The summed E-state index contributed by atoms with van der Waals surface area (Å²) >= 11 is 0. The Morgan fingerprint density at radius 2 is 2.38 bits per heavy atom. The molecule has 1 aliphatic heterocycles. The van der Waals surface area contributed by atoms with E-state index < -0.39 is 24.4 Å². The summed E-state index contributed by atoms with van der Waals surface area (Å²) in [5, 5.41) is 19.3. The number of nitrogens with zero attached hydrogens (tertiary/aromatic N) is 4. The topological polar surface area (TPSA) is 146 Å². The number of anilines is 1. The SMILES string of the molecule is COC(=O)/C=C/c1nc(N)c2ncn([C@@H]3O[C@H](CO)CC3O)c2n1. The lowest BCUT2D eigenvalue weighted by atomic mass is 10.2. The fourth-order valence-corrected chi connectivity index (χ4v) is 2.52. The Labute approximate surface area is 136 Å². The van der Waals surface area contributed by atoms with Crippen LogP contribution in [0.4, 0.5) is 5.82 Å². The minimum Gasteiger partial charge on any atom is -0.466 e. The molecule has 128 valence electrons. The number of rotatable bonds is 4. The van der Waals surface area contributed by atoms with E-state index in [1.807, 2.05) is 0 Å². The van der Waals surface area contributed by atoms with Crippen molar-refractivity contribution in [3.63, 3.8) is 0 Å². The van der Waals surface area contributed by atoms with Gasteiger partial charge in [0.15, 0.2) is 23.5 Å². The van der Waals surface area contributed by atoms with Crippen LogP contribution in [0.2, 0.25) is 0 Å². The van der Waals surface area contributed by atoms with Gasteiger partial charge < -0.3 is 25.4 Å². The van der Waals surface area contributed by atoms with Crippen LogP contribution in [-0.4, -0.2) is 61.6 Å². The third-order valence-electron chi connectivity index (χ3n) is 3.68. The first-order valence-electron chi connectivity index (χ1n) is 7.24. The highest BCUT2D eigenvalue weighted by Gasteiger charge is 2.36. The maximum Gasteiger partial charge on any atom is 0.330 e. The van der Waals surface area contributed by atoms with Crippen LogP contribution in [0.15, 0.2) is 12.4 Å². The average Bonchev–Trinajstić information content (AvgIpc) is 3.15. The monoisotopic (exact) mass is 335 g/mol. The van der Waals surface area contributed by atoms with Crippen molar-refractivity contribution < 1.29 is 24.5 Å². The van der Waals surface area contributed by atoms with Gasteiger partial charge >= 0.3 is 5.97 Å². The summed E-state index contributed by atoms with van der Waals surface area (Å²) in [7, 11) is 1.26. The number of methoxy groups -OCH3 is 1. The van der Waals surface area contributed by atoms with E-state index in [1.54, 1.807) is 0 Å². The quantitative estimate of drug-likeness (QED) is 0.484. The molecule has 24 heavy (non-hydrogen) atoms. The van der Waals surface area contributed by atoms with Gasteiger partial charge in [-0.15, -0.1) is 0 Å². The maximum absolute atomic E-state index is 11.2. The molecule has 4 N–H and O–H groups in total. The van der Waals surface area contributed by atoms with Crippen molar-refractivity contribution in [2.75, 3.05) is 19.5 Å². The fourth-order valence-electron chi connectivity index (χ4n) is 2.52. The molecule has 1 fully saturated rings. The van der Waals surface area contributed by atoms with Crippen LogP contribution in [0.3, 0.4) is 0 Å². The molecule has 0 aromatic carbocycles. The zero-order chi connectivity index (χ0) is 17.3. The van der Waals surface area contributed by atoms with Crippen LogP contribution >= 0.6 is 0 Å². The Morgan fingerprint density at radius 1 is 1.58 bits per heavy atom. The number of carbonyl (C=O) groups is 1. The summed E-state index contributed by atoms with van der Waals surface area (Å²) in [6.45, 7) is -0.190. The molecule has 0 bridgehead atoms. The molecule has 3 atom stereocenters. The van der Waals surface area contributed by atoms with Gasteiger partial charge in [0.25, 0.3) is 0 Å². The summed E-state index contributed by atoms with van der Waals surface area (Å²) in [6.07, 6.45) is 2.27. The predicted octanol–water partition coefficient (Wildman–Crippen LogP) is -0.765. The molecule has 2 aromatic rings. The van der Waals surface area contributed by atoms with Crippen molar-refractivity contribution in [1.82, 2.24) is 19.5 Å². The Bertz CT molecular complexity index is 789. The molecule has 0 aliphatic carbocycles. The van der Waals surface area contributed by atoms with Gasteiger partial charge in [0.05, 0.1) is 26.1 Å². The molecular formula is C14H17N5O5. The zero-order valence-corrected chi connectivity index (χ0v) is 12.9. The van der Waals surface area contributed by atoms with Gasteiger partial charge in [-0.05, 0) is 6.08 Å². The molecular weight excluding hydrogens is 318 g/mol. The normalized spacial score (nSPS) is 24.0. The van der Waals surface area contributed by atoms with E-state index in [2.05, 4.69) is 19.7 Å². The summed E-state index contributed by atoms with van der Waals surface area (Å²) in [5.74, 6) is -0.223. The van der Waals surface area contributed by atoms with Gasteiger partial charge in [0.1, 0.15) is 11.6 Å². The Kier molecular flexibility index (Phi) is 4.42. The first-order valence-corrected chi connectivity index (χ1v) is 7.24. The van der Waals surface area contributed by atoms with Gasteiger partial charge in [-0.2, -0.15) is 0 Å². The third-order valence-corrected chi connectivity index (χ3v) is 3.68. The van der Waals surface area contributed by atoms with Crippen molar-refractivity contribution in [3.8, 4) is 0 Å². The predicted molar refractivity (Wildman–Crippen MR) is 82.4 cm³/mol. The van der Waals surface area contributed by atoms with Crippen LogP contribution in [-0.2, 0) is 14.3 Å². The van der Waals surface area contributed by atoms with E-state index >= 15 is 0 Å². The second kappa shape index (κ2) is 6.51. The van der Waals surface area contributed by atoms with Crippen molar-refractivity contribution in [3.05, 3.63) is 18.2 Å². The number of fused-ring (bicyclic) bond motifs is 1. The molecule has 1 unspecified atom stereocenters. The van der Waals surface area contributed by atoms with Gasteiger partial charge in [0, 0.05) is 12.5 Å². The number of nitrogen functional groups attached to an aromatic ring is 1. The van der Waals surface area contributed by atoms with E-state index in [9.17, 15) is 15.0 Å². The molecule has 10 heteroatoms. The standard InChI is InChI=1S/C14H17N5O5/c1-23-10(22)3-2-9-17-12(15)11-13(18-9)19(6-16-11)14-8(21)4-7(5-20)24-14/h2-3,6-8,14,20-21H,4-5H2,1H3,(H2,15,17,18)/b3-2+/t7-,8?,14+/m0/s1. The Balaban J connectivity index is 2.00. The molecule has 10 nitrogen and oxygen atoms in total. The first-order chi connectivity index (χ1) is 11.5. The summed E-state index contributed by atoms with van der Waals surface area (Å²) in [4.78, 5) is 23.7. The van der Waals surface area contributed by atoms with Crippen LogP contribution in [0.5, 0.6) is 0 Å². The number of aliphatic hydroxyl groups is 2. The summed E-state index contributed by atoms with van der Waals surface area (Å²) < 4.78 is 11.6. The maximum atomic E-state index is 11.2. The Morgan fingerprint density at radius 3 is 3.04 bits per heavy atom. The van der Waals surface area contributed by atoms with Gasteiger partial charge in [-0.25, -0.2) is 19.7 Å². The first kappa shape index (κ1) is 16.3. The number of aliphatic hydroxyl groups excluding tert-OH is 2. The highest BCUT2D eigenvalue weighted by molar-refractivity contribution is 5.87. The van der Waals surface area contributed by atoms with E-state index in [1.165, 1.54) is 30.2 Å². The van der Waals surface area contributed by atoms with Crippen molar-refractivity contribution in [2.45, 2.75) is 24.9 Å². The molecule has 1 saturated heterocycles. The smallest absolute Gasteiger partial charge is 0.330 e. The van der Waals surface area contributed by atoms with Gasteiger partial charge in [-0.1, -0.05) is 0 Å². The molecule has 0 amide bonds. The third kappa shape index (κ3) is 2.94. The number of carbonyl (C=O) groups excluding carboxylic acids is 1. The highest BCUT2D eigenvalue weighted by Crippen LogP contribution is 2.31. The molecule has 3 rings (SSSR count). The second-order valence-corrected chi connectivity index (χ2v) is 5.28. The van der Waals surface area contributed by atoms with E-state index in [-0.39, 0.29) is 18.2 Å². The lowest BCUT2D eigenvalue weighted by molar-refractivity contribution is -0.134.